The van der Waals surface area contributed by atoms with Crippen LogP contribution < -0.4 is 0 Å². The summed E-state index contributed by atoms with van der Waals surface area (Å²) in [5, 5.41) is 7.24. The summed E-state index contributed by atoms with van der Waals surface area (Å²) in [6.45, 7) is 4.74. The summed E-state index contributed by atoms with van der Waals surface area (Å²) >= 11 is 1.93. The van der Waals surface area contributed by atoms with E-state index in [-0.39, 0.29) is 5.41 Å². The number of thiophene rings is 1. The van der Waals surface area contributed by atoms with Crippen LogP contribution >= 0.6 is 11.3 Å². The van der Waals surface area contributed by atoms with Crippen molar-refractivity contribution in [2.24, 2.45) is 0 Å². The lowest BCUT2D eigenvalue weighted by Crippen LogP contribution is -2.13. The number of fused-ring (bicyclic) bond motifs is 11. The second-order valence-corrected chi connectivity index (χ2v) is 15.2. The highest BCUT2D eigenvalue weighted by Gasteiger charge is 2.39. The van der Waals surface area contributed by atoms with Crippen LogP contribution in [0.5, 0.6) is 0 Å². The molecule has 3 heterocycles. The number of aromatic nitrogens is 3. The van der Waals surface area contributed by atoms with E-state index < -0.39 is 0 Å². The number of hydrogen-bond acceptors (Lipinski definition) is 3. The molecule has 0 bridgehead atoms. The zero-order valence-corrected chi connectivity index (χ0v) is 29.0. The summed E-state index contributed by atoms with van der Waals surface area (Å²) in [4.78, 5) is 12.2. The van der Waals surface area contributed by atoms with E-state index in [2.05, 4.69) is 170 Å². The van der Waals surface area contributed by atoms with Gasteiger partial charge in [0, 0.05) is 43.0 Å². The molecular formula is C47H31N3S. The van der Waals surface area contributed by atoms with Gasteiger partial charge in [-0.15, -0.1) is 11.3 Å². The molecule has 0 saturated heterocycles. The normalized spacial score (nSPS) is 13.5. The van der Waals surface area contributed by atoms with Gasteiger partial charge in [0.2, 0.25) is 5.95 Å². The average Bonchev–Trinajstić information content (AvgIpc) is 3.81. The molecule has 1 aliphatic rings. The number of hydrogen-bond donors (Lipinski definition) is 0. The third kappa shape index (κ3) is 4.05. The molecule has 0 amide bonds. The molecule has 3 nitrogen and oxygen atoms in total. The van der Waals surface area contributed by atoms with Crippen LogP contribution in [0.2, 0.25) is 0 Å². The molecule has 10 aromatic rings. The van der Waals surface area contributed by atoms with Gasteiger partial charge in [0.1, 0.15) is 0 Å². The van der Waals surface area contributed by atoms with Gasteiger partial charge in [0.15, 0.2) is 0 Å². The van der Waals surface area contributed by atoms with Gasteiger partial charge in [-0.1, -0.05) is 141 Å². The SMILES string of the molecule is CC1(C)c2ccccc2-c2c1sc1c2ccc2c3cc(-c4ccc5ccccc5c4)ccc3n(-c3nc(-c4ccccc4)c4ccccc4n3)c21. The molecule has 0 N–H and O–H groups in total. The zero-order valence-electron chi connectivity index (χ0n) is 28.2. The topological polar surface area (TPSA) is 30.7 Å². The van der Waals surface area contributed by atoms with E-state index in [9.17, 15) is 0 Å². The van der Waals surface area contributed by atoms with Crippen molar-refractivity contribution in [3.63, 3.8) is 0 Å². The Balaban J connectivity index is 1.26. The molecule has 0 radical (unpaired) electrons. The molecule has 3 aromatic heterocycles. The second kappa shape index (κ2) is 10.5. The summed E-state index contributed by atoms with van der Waals surface area (Å²) in [6, 6.07) is 54.7. The molecule has 7 aromatic carbocycles. The molecule has 0 saturated carbocycles. The summed E-state index contributed by atoms with van der Waals surface area (Å²) in [5.74, 6) is 0.687. The molecule has 4 heteroatoms. The minimum Gasteiger partial charge on any atom is -0.276 e. The Bertz CT molecular complexity index is 3060. The molecule has 0 aliphatic heterocycles. The van der Waals surface area contributed by atoms with Crippen LogP contribution in [-0.4, -0.2) is 14.5 Å². The number of nitrogens with zero attached hydrogens (tertiary/aromatic N) is 3. The van der Waals surface area contributed by atoms with Gasteiger partial charge < -0.3 is 0 Å². The first-order valence-electron chi connectivity index (χ1n) is 17.5. The van der Waals surface area contributed by atoms with Crippen molar-refractivity contribution >= 4 is 64.9 Å². The molecule has 51 heavy (non-hydrogen) atoms. The van der Waals surface area contributed by atoms with Crippen LogP contribution in [0.25, 0.3) is 93.0 Å². The van der Waals surface area contributed by atoms with Crippen LogP contribution in [0.15, 0.2) is 152 Å². The monoisotopic (exact) mass is 669 g/mol. The van der Waals surface area contributed by atoms with E-state index in [0.717, 1.165) is 27.7 Å². The highest BCUT2D eigenvalue weighted by Crippen LogP contribution is 2.56. The van der Waals surface area contributed by atoms with Crippen LogP contribution in [0.4, 0.5) is 0 Å². The predicted octanol–water partition coefficient (Wildman–Crippen LogP) is 12.7. The second-order valence-electron chi connectivity index (χ2n) is 14.2. The van der Waals surface area contributed by atoms with Gasteiger partial charge in [-0.25, -0.2) is 9.97 Å². The Labute approximate surface area is 299 Å². The molecule has 0 atom stereocenters. The maximum atomic E-state index is 5.42. The van der Waals surface area contributed by atoms with Crippen LogP contribution in [-0.2, 0) is 5.41 Å². The summed E-state index contributed by atoms with van der Waals surface area (Å²) < 4.78 is 3.61. The molecule has 240 valence electrons. The van der Waals surface area contributed by atoms with E-state index in [4.69, 9.17) is 9.97 Å². The van der Waals surface area contributed by atoms with E-state index >= 15 is 0 Å². The summed E-state index contributed by atoms with van der Waals surface area (Å²) in [7, 11) is 0. The largest absolute Gasteiger partial charge is 0.276 e. The standard InChI is InChI=1S/C47H31N3S/c1-47(2)38-18-10-8-16-34(38)41-36-24-23-33-37-27-32(31-21-20-28-12-6-7-15-30(28)26-31)22-25-40(37)50(43(33)44(36)51-45(41)47)46-48-39-19-11-9-17-35(39)42(49-46)29-13-4-3-5-14-29/h3-27H,1-2H3. The Morgan fingerprint density at radius 1 is 0.549 bits per heavy atom. The highest BCUT2D eigenvalue weighted by molar-refractivity contribution is 7.21. The van der Waals surface area contributed by atoms with Crippen LogP contribution in [0.3, 0.4) is 0 Å². The fourth-order valence-electron chi connectivity index (χ4n) is 8.47. The quantitative estimate of drug-likeness (QED) is 0.187. The first-order chi connectivity index (χ1) is 25.0. The average molecular weight is 670 g/mol. The Kier molecular flexibility index (Phi) is 5.89. The number of benzene rings is 7. The van der Waals surface area contributed by atoms with Crippen molar-refractivity contribution < 1.29 is 0 Å². The van der Waals surface area contributed by atoms with Crippen molar-refractivity contribution in [3.8, 4) is 39.5 Å². The lowest BCUT2D eigenvalue weighted by atomic mass is 9.87. The Morgan fingerprint density at radius 3 is 2.18 bits per heavy atom. The van der Waals surface area contributed by atoms with Crippen molar-refractivity contribution in [2.75, 3.05) is 0 Å². The first kappa shape index (κ1) is 28.7. The minimum atomic E-state index is -0.0814. The van der Waals surface area contributed by atoms with Crippen molar-refractivity contribution in [2.45, 2.75) is 19.3 Å². The number of para-hydroxylation sites is 1. The van der Waals surface area contributed by atoms with Gasteiger partial charge in [-0.3, -0.25) is 4.57 Å². The molecular weight excluding hydrogens is 639 g/mol. The predicted molar refractivity (Wildman–Crippen MR) is 215 cm³/mol. The van der Waals surface area contributed by atoms with Gasteiger partial charge >= 0.3 is 0 Å². The zero-order chi connectivity index (χ0) is 33.8. The first-order valence-corrected chi connectivity index (χ1v) is 18.3. The third-order valence-electron chi connectivity index (χ3n) is 10.9. The summed E-state index contributed by atoms with van der Waals surface area (Å²) in [6.07, 6.45) is 0. The van der Waals surface area contributed by atoms with E-state index in [1.807, 2.05) is 11.3 Å². The molecule has 11 rings (SSSR count). The van der Waals surface area contributed by atoms with E-state index in [0.29, 0.717) is 5.95 Å². The highest BCUT2D eigenvalue weighted by atomic mass is 32.1. The fourth-order valence-corrected chi connectivity index (χ4v) is 9.93. The molecule has 0 fully saturated rings. The van der Waals surface area contributed by atoms with Gasteiger partial charge in [0.25, 0.3) is 0 Å². The van der Waals surface area contributed by atoms with Crippen molar-refractivity contribution in [1.29, 1.82) is 0 Å². The maximum absolute atomic E-state index is 5.42. The molecule has 0 unspecified atom stereocenters. The maximum Gasteiger partial charge on any atom is 0.235 e. The third-order valence-corrected chi connectivity index (χ3v) is 12.5. The Hall–Kier alpha value is -6.10. The molecule has 0 spiro atoms. The van der Waals surface area contributed by atoms with Gasteiger partial charge in [-0.2, -0.15) is 0 Å². The minimum absolute atomic E-state index is 0.0814. The lowest BCUT2D eigenvalue weighted by molar-refractivity contribution is 0.674. The van der Waals surface area contributed by atoms with Gasteiger partial charge in [0.05, 0.1) is 26.9 Å². The number of rotatable bonds is 3. The van der Waals surface area contributed by atoms with E-state index in [1.54, 1.807) is 0 Å². The van der Waals surface area contributed by atoms with Crippen molar-refractivity contribution in [1.82, 2.24) is 14.5 Å². The van der Waals surface area contributed by atoms with E-state index in [1.165, 1.54) is 69.8 Å². The fraction of sp³-hybridized carbons (Fsp3) is 0.0638. The lowest BCUT2D eigenvalue weighted by Gasteiger charge is -2.19. The summed E-state index contributed by atoms with van der Waals surface area (Å²) in [5.41, 5.74) is 11.7. The van der Waals surface area contributed by atoms with Gasteiger partial charge in [-0.05, 0) is 57.3 Å². The van der Waals surface area contributed by atoms with Crippen LogP contribution in [0, 0.1) is 0 Å². The van der Waals surface area contributed by atoms with Crippen LogP contribution in [0.1, 0.15) is 24.3 Å². The molecule has 1 aliphatic carbocycles. The Morgan fingerprint density at radius 2 is 1.27 bits per heavy atom. The smallest absolute Gasteiger partial charge is 0.235 e. The van der Waals surface area contributed by atoms with Crippen molar-refractivity contribution in [3.05, 3.63) is 162 Å².